The minimum atomic E-state index is -3.28. The minimum Gasteiger partial charge on any atom is -0.330 e. The number of carbonyl (C=O) groups is 1. The number of halogens is 1. The van der Waals surface area contributed by atoms with Gasteiger partial charge in [0.25, 0.3) is 0 Å². The molecular formula is C18H23ClN2O3S. The summed E-state index contributed by atoms with van der Waals surface area (Å²) in [5.74, 6) is -0.181. The van der Waals surface area contributed by atoms with E-state index in [9.17, 15) is 13.2 Å². The van der Waals surface area contributed by atoms with Gasteiger partial charge in [0.1, 0.15) is 0 Å². The number of carbonyl (C=O) groups excluding carboxylic acids is 1. The topological polar surface area (TPSA) is 89.3 Å². The van der Waals surface area contributed by atoms with Gasteiger partial charge < -0.3 is 11.1 Å². The number of sulfone groups is 1. The normalized spacial score (nSPS) is 10.8. The summed E-state index contributed by atoms with van der Waals surface area (Å²) < 4.78 is 24.7. The molecule has 2 rings (SSSR count). The molecule has 0 unspecified atom stereocenters. The van der Waals surface area contributed by atoms with Crippen molar-refractivity contribution in [3.63, 3.8) is 0 Å². The first kappa shape index (κ1) is 21.2. The number of anilines is 1. The maximum absolute atomic E-state index is 12.3. The van der Waals surface area contributed by atoms with E-state index in [0.717, 1.165) is 5.56 Å². The van der Waals surface area contributed by atoms with Crippen molar-refractivity contribution in [2.24, 2.45) is 5.73 Å². The quantitative estimate of drug-likeness (QED) is 0.734. The van der Waals surface area contributed by atoms with Crippen molar-refractivity contribution < 1.29 is 13.2 Å². The van der Waals surface area contributed by atoms with Gasteiger partial charge in [0.05, 0.1) is 11.5 Å². The lowest BCUT2D eigenvalue weighted by Gasteiger charge is -2.08. The fourth-order valence-electron chi connectivity index (χ4n) is 2.36. The molecule has 0 spiro atoms. The van der Waals surface area contributed by atoms with E-state index in [-0.39, 0.29) is 29.8 Å². The molecular weight excluding hydrogens is 360 g/mol. The Hall–Kier alpha value is -1.89. The second kappa shape index (κ2) is 10.2. The van der Waals surface area contributed by atoms with Crippen molar-refractivity contribution in [2.45, 2.75) is 24.3 Å². The molecule has 2 aromatic rings. The van der Waals surface area contributed by atoms with Gasteiger partial charge in [-0.05, 0) is 36.2 Å². The van der Waals surface area contributed by atoms with E-state index < -0.39 is 9.84 Å². The van der Waals surface area contributed by atoms with Gasteiger partial charge in [0.15, 0.2) is 9.84 Å². The molecule has 3 N–H and O–H groups in total. The highest BCUT2D eigenvalue weighted by Gasteiger charge is 2.13. The van der Waals surface area contributed by atoms with E-state index in [1.807, 2.05) is 18.2 Å². The number of nitrogens with two attached hydrogens (primary N) is 1. The largest absolute Gasteiger partial charge is 0.330 e. The highest BCUT2D eigenvalue weighted by atomic mass is 35.5. The molecule has 0 aliphatic carbocycles. The molecule has 0 atom stereocenters. The van der Waals surface area contributed by atoms with Gasteiger partial charge in [-0.1, -0.05) is 42.5 Å². The number of amides is 1. The van der Waals surface area contributed by atoms with Crippen LogP contribution in [-0.2, 0) is 26.1 Å². The van der Waals surface area contributed by atoms with Crippen LogP contribution in [0.25, 0.3) is 0 Å². The summed E-state index contributed by atoms with van der Waals surface area (Å²) in [5, 5.41) is 2.76. The fraction of sp³-hybridized carbons (Fsp3) is 0.278. The predicted octanol–water partition coefficient (Wildman–Crippen LogP) is 2.90. The zero-order chi connectivity index (χ0) is 17.4. The summed E-state index contributed by atoms with van der Waals surface area (Å²) in [6.07, 6.45) is 0.976. The first-order valence-electron chi connectivity index (χ1n) is 7.82. The molecule has 25 heavy (non-hydrogen) atoms. The maximum Gasteiger partial charge on any atom is 0.224 e. The van der Waals surface area contributed by atoms with E-state index >= 15 is 0 Å². The molecule has 0 fully saturated rings. The Bertz CT molecular complexity index is 780. The number of rotatable bonds is 8. The van der Waals surface area contributed by atoms with E-state index in [0.29, 0.717) is 30.6 Å². The molecule has 0 radical (unpaired) electrons. The zero-order valence-electron chi connectivity index (χ0n) is 13.9. The SMILES string of the molecule is Cl.NCCCC(=O)Nc1cccc(CS(=O)(=O)Cc2ccccc2)c1. The standard InChI is InChI=1S/C18H22N2O3S.ClH/c19-11-5-10-18(21)20-17-9-4-8-16(12-17)14-24(22,23)13-15-6-2-1-3-7-15;/h1-4,6-9,12H,5,10-11,13-14,19H2,(H,20,21);1H. The zero-order valence-corrected chi connectivity index (χ0v) is 15.5. The summed E-state index contributed by atoms with van der Waals surface area (Å²) in [5.41, 5.74) is 7.40. The Labute approximate surface area is 155 Å². The van der Waals surface area contributed by atoms with Crippen LogP contribution >= 0.6 is 12.4 Å². The lowest BCUT2D eigenvalue weighted by atomic mass is 10.2. The highest BCUT2D eigenvalue weighted by molar-refractivity contribution is 7.89. The van der Waals surface area contributed by atoms with Crippen molar-refractivity contribution in [3.8, 4) is 0 Å². The molecule has 1 amide bonds. The number of hydrogen-bond acceptors (Lipinski definition) is 4. The minimum absolute atomic E-state index is 0. The van der Waals surface area contributed by atoms with Gasteiger partial charge in [-0.2, -0.15) is 0 Å². The van der Waals surface area contributed by atoms with Crippen molar-refractivity contribution >= 4 is 33.8 Å². The van der Waals surface area contributed by atoms with Gasteiger partial charge >= 0.3 is 0 Å². The third kappa shape index (κ3) is 7.69. The molecule has 7 heteroatoms. The molecule has 0 heterocycles. The summed E-state index contributed by atoms with van der Waals surface area (Å²) in [4.78, 5) is 11.7. The molecule has 0 aliphatic rings. The van der Waals surface area contributed by atoms with Crippen LogP contribution in [0.1, 0.15) is 24.0 Å². The number of benzene rings is 2. The summed E-state index contributed by atoms with van der Waals surface area (Å²) in [7, 11) is -3.28. The van der Waals surface area contributed by atoms with Crippen molar-refractivity contribution in [1.82, 2.24) is 0 Å². The molecule has 0 saturated heterocycles. The molecule has 0 bridgehead atoms. The average Bonchev–Trinajstić information content (AvgIpc) is 2.53. The molecule has 5 nitrogen and oxygen atoms in total. The number of nitrogens with one attached hydrogen (secondary N) is 1. The van der Waals surface area contributed by atoms with Crippen LogP contribution in [0.15, 0.2) is 54.6 Å². The lowest BCUT2D eigenvalue weighted by Crippen LogP contribution is -2.14. The highest BCUT2D eigenvalue weighted by Crippen LogP contribution is 2.16. The van der Waals surface area contributed by atoms with Crippen molar-refractivity contribution in [1.29, 1.82) is 0 Å². The Morgan fingerprint density at radius 3 is 2.28 bits per heavy atom. The van der Waals surface area contributed by atoms with Crippen LogP contribution in [0, 0.1) is 0 Å². The Kier molecular flexibility index (Phi) is 8.61. The second-order valence-electron chi connectivity index (χ2n) is 5.66. The first-order chi connectivity index (χ1) is 11.5. The third-order valence-corrected chi connectivity index (χ3v) is 4.98. The lowest BCUT2D eigenvalue weighted by molar-refractivity contribution is -0.116. The van der Waals surface area contributed by atoms with E-state index in [1.54, 1.807) is 36.4 Å². The third-order valence-electron chi connectivity index (χ3n) is 3.43. The van der Waals surface area contributed by atoms with Crippen LogP contribution in [0.3, 0.4) is 0 Å². The molecule has 2 aromatic carbocycles. The summed E-state index contributed by atoms with van der Waals surface area (Å²) >= 11 is 0. The van der Waals surface area contributed by atoms with Crippen LogP contribution < -0.4 is 11.1 Å². The Balaban J connectivity index is 0.00000312. The smallest absolute Gasteiger partial charge is 0.224 e. The van der Waals surface area contributed by atoms with E-state index in [4.69, 9.17) is 5.73 Å². The summed E-state index contributed by atoms with van der Waals surface area (Å²) in [6, 6.07) is 16.0. The van der Waals surface area contributed by atoms with E-state index in [2.05, 4.69) is 5.32 Å². The molecule has 0 saturated carbocycles. The van der Waals surface area contributed by atoms with Crippen LogP contribution in [0.2, 0.25) is 0 Å². The van der Waals surface area contributed by atoms with Gasteiger partial charge in [-0.15, -0.1) is 12.4 Å². The van der Waals surface area contributed by atoms with Crippen LogP contribution in [-0.4, -0.2) is 20.9 Å². The molecule has 0 aromatic heterocycles. The molecule has 136 valence electrons. The fourth-order valence-corrected chi connectivity index (χ4v) is 3.85. The second-order valence-corrected chi connectivity index (χ2v) is 7.72. The average molecular weight is 383 g/mol. The van der Waals surface area contributed by atoms with Gasteiger partial charge in [-0.25, -0.2) is 8.42 Å². The van der Waals surface area contributed by atoms with Crippen molar-refractivity contribution in [3.05, 3.63) is 65.7 Å². The molecule has 0 aliphatic heterocycles. The first-order valence-corrected chi connectivity index (χ1v) is 9.64. The number of hydrogen-bond donors (Lipinski definition) is 2. The van der Waals surface area contributed by atoms with Crippen LogP contribution in [0.4, 0.5) is 5.69 Å². The summed E-state index contributed by atoms with van der Waals surface area (Å²) in [6.45, 7) is 0.463. The Morgan fingerprint density at radius 2 is 1.60 bits per heavy atom. The van der Waals surface area contributed by atoms with Gasteiger partial charge in [0, 0.05) is 12.1 Å². The van der Waals surface area contributed by atoms with Gasteiger partial charge in [-0.3, -0.25) is 4.79 Å². The van der Waals surface area contributed by atoms with Crippen molar-refractivity contribution in [2.75, 3.05) is 11.9 Å². The van der Waals surface area contributed by atoms with Gasteiger partial charge in [0.2, 0.25) is 5.91 Å². The maximum atomic E-state index is 12.3. The Morgan fingerprint density at radius 1 is 0.960 bits per heavy atom. The van der Waals surface area contributed by atoms with Crippen LogP contribution in [0.5, 0.6) is 0 Å². The van der Waals surface area contributed by atoms with E-state index in [1.165, 1.54) is 0 Å². The predicted molar refractivity (Wildman–Crippen MR) is 103 cm³/mol. The monoisotopic (exact) mass is 382 g/mol.